The van der Waals surface area contributed by atoms with E-state index in [0.717, 1.165) is 19.3 Å². The predicted octanol–water partition coefficient (Wildman–Crippen LogP) is 3.26. The van der Waals surface area contributed by atoms with Crippen LogP contribution >= 0.6 is 0 Å². The molecule has 0 bridgehead atoms. The summed E-state index contributed by atoms with van der Waals surface area (Å²) in [4.78, 5) is 15.8. The molecular weight excluding hydrogens is 256 g/mol. The van der Waals surface area contributed by atoms with Crippen molar-refractivity contribution in [1.29, 1.82) is 0 Å². The van der Waals surface area contributed by atoms with E-state index < -0.39 is 5.97 Å². The maximum Gasteiger partial charge on any atom is 0.307 e. The third-order valence-corrected chi connectivity index (χ3v) is 4.04. The number of hydrogen-bond donors (Lipinski definition) is 1. The zero-order valence-corrected chi connectivity index (χ0v) is 12.7. The van der Waals surface area contributed by atoms with Gasteiger partial charge in [-0.25, -0.2) is 0 Å². The summed E-state index contributed by atoms with van der Waals surface area (Å²) in [6.45, 7) is 8.45. The highest BCUT2D eigenvalue weighted by Crippen LogP contribution is 2.44. The number of aliphatic carboxylic acids is 1. The molecule has 3 unspecified atom stereocenters. The van der Waals surface area contributed by atoms with Crippen molar-refractivity contribution in [2.75, 3.05) is 0 Å². The van der Waals surface area contributed by atoms with Crippen molar-refractivity contribution in [2.45, 2.75) is 59.3 Å². The van der Waals surface area contributed by atoms with Crippen LogP contribution in [0.2, 0.25) is 0 Å². The van der Waals surface area contributed by atoms with Crippen LogP contribution in [0.15, 0.2) is 4.52 Å². The first-order valence-corrected chi connectivity index (χ1v) is 7.35. The highest BCUT2D eigenvalue weighted by molar-refractivity contribution is 5.71. The first-order chi connectivity index (χ1) is 9.30. The van der Waals surface area contributed by atoms with E-state index in [-0.39, 0.29) is 17.3 Å². The van der Waals surface area contributed by atoms with Crippen LogP contribution in [0.5, 0.6) is 0 Å². The van der Waals surface area contributed by atoms with Gasteiger partial charge in [-0.15, -0.1) is 0 Å². The second-order valence-corrected chi connectivity index (χ2v) is 7.08. The Kier molecular flexibility index (Phi) is 4.16. The van der Waals surface area contributed by atoms with Crippen LogP contribution in [-0.4, -0.2) is 21.2 Å². The second-order valence-electron chi connectivity index (χ2n) is 7.08. The highest BCUT2D eigenvalue weighted by Gasteiger charge is 2.42. The smallest absolute Gasteiger partial charge is 0.307 e. The average molecular weight is 280 g/mol. The van der Waals surface area contributed by atoms with Crippen LogP contribution in [0, 0.1) is 17.3 Å². The van der Waals surface area contributed by atoms with Crippen molar-refractivity contribution >= 4 is 5.97 Å². The van der Waals surface area contributed by atoms with E-state index >= 15 is 0 Å². The van der Waals surface area contributed by atoms with E-state index in [1.165, 1.54) is 0 Å². The molecule has 0 saturated heterocycles. The zero-order valence-electron chi connectivity index (χ0n) is 12.7. The monoisotopic (exact) mass is 280 g/mol. The molecule has 5 heteroatoms. The van der Waals surface area contributed by atoms with Gasteiger partial charge in [0, 0.05) is 6.42 Å². The lowest BCUT2D eigenvalue weighted by molar-refractivity contribution is -0.142. The van der Waals surface area contributed by atoms with Crippen LogP contribution in [0.4, 0.5) is 0 Å². The quantitative estimate of drug-likeness (QED) is 0.916. The lowest BCUT2D eigenvalue weighted by Crippen LogP contribution is -2.17. The molecule has 1 aliphatic carbocycles. The molecule has 1 heterocycles. The number of aromatic nitrogens is 2. The summed E-state index contributed by atoms with van der Waals surface area (Å²) in [7, 11) is 0. The summed E-state index contributed by atoms with van der Waals surface area (Å²) >= 11 is 0. The molecule has 1 aromatic rings. The maximum atomic E-state index is 11.4. The number of rotatable bonds is 4. The van der Waals surface area contributed by atoms with Crippen LogP contribution in [0.25, 0.3) is 0 Å². The number of carbonyl (C=O) groups is 1. The van der Waals surface area contributed by atoms with Gasteiger partial charge in [-0.3, -0.25) is 4.79 Å². The molecule has 1 aromatic heterocycles. The molecule has 0 aromatic carbocycles. The van der Waals surface area contributed by atoms with Gasteiger partial charge < -0.3 is 9.63 Å². The minimum atomic E-state index is -0.749. The number of carboxylic acid groups (broad SMARTS) is 1. The summed E-state index contributed by atoms with van der Waals surface area (Å²) < 4.78 is 5.34. The van der Waals surface area contributed by atoms with Crippen molar-refractivity contribution in [3.8, 4) is 0 Å². The lowest BCUT2D eigenvalue weighted by Gasteiger charge is -2.14. The predicted molar refractivity (Wildman–Crippen MR) is 74.3 cm³/mol. The summed E-state index contributed by atoms with van der Waals surface area (Å²) in [6, 6.07) is 0. The van der Waals surface area contributed by atoms with Crippen molar-refractivity contribution in [2.24, 2.45) is 17.3 Å². The summed E-state index contributed by atoms with van der Waals surface area (Å²) in [5.41, 5.74) is 0.0922. The number of carboxylic acids is 1. The van der Waals surface area contributed by atoms with Crippen molar-refractivity contribution < 1.29 is 14.4 Å². The standard InChI is InChI=1S/C15H24N2O3/c1-5-9-6-10(11(7-9)14(18)19)13-16-12(17-20-13)8-15(2,3)4/h9-11H,5-8H2,1-4H3,(H,18,19). The summed E-state index contributed by atoms with van der Waals surface area (Å²) in [5, 5.41) is 13.4. The second kappa shape index (κ2) is 5.54. The molecule has 1 saturated carbocycles. The molecule has 0 amide bonds. The van der Waals surface area contributed by atoms with E-state index in [1.54, 1.807) is 0 Å². The topological polar surface area (TPSA) is 76.2 Å². The highest BCUT2D eigenvalue weighted by atomic mass is 16.5. The van der Waals surface area contributed by atoms with E-state index in [2.05, 4.69) is 37.8 Å². The molecule has 1 aliphatic rings. The van der Waals surface area contributed by atoms with E-state index in [4.69, 9.17) is 4.52 Å². The van der Waals surface area contributed by atoms with Gasteiger partial charge >= 0.3 is 5.97 Å². The fourth-order valence-electron chi connectivity index (χ4n) is 2.99. The van der Waals surface area contributed by atoms with Crippen molar-refractivity contribution in [1.82, 2.24) is 10.1 Å². The molecule has 112 valence electrons. The molecule has 3 atom stereocenters. The van der Waals surface area contributed by atoms with Crippen LogP contribution in [0.3, 0.4) is 0 Å². The largest absolute Gasteiger partial charge is 0.481 e. The third-order valence-electron chi connectivity index (χ3n) is 4.04. The van der Waals surface area contributed by atoms with E-state index in [0.29, 0.717) is 24.1 Å². The molecule has 5 nitrogen and oxygen atoms in total. The molecule has 0 aliphatic heterocycles. The molecular formula is C15H24N2O3. The first kappa shape index (κ1) is 15.0. The van der Waals surface area contributed by atoms with Crippen LogP contribution < -0.4 is 0 Å². The third kappa shape index (κ3) is 3.38. The van der Waals surface area contributed by atoms with E-state index in [9.17, 15) is 9.90 Å². The molecule has 2 rings (SSSR count). The molecule has 20 heavy (non-hydrogen) atoms. The first-order valence-electron chi connectivity index (χ1n) is 7.35. The summed E-state index contributed by atoms with van der Waals surface area (Å²) in [6.07, 6.45) is 3.29. The van der Waals surface area contributed by atoms with Crippen LogP contribution in [0.1, 0.15) is 64.6 Å². The Morgan fingerprint density at radius 2 is 2.10 bits per heavy atom. The molecule has 1 fully saturated rings. The zero-order chi connectivity index (χ0) is 14.9. The van der Waals surface area contributed by atoms with Gasteiger partial charge in [0.2, 0.25) is 5.89 Å². The molecule has 0 radical (unpaired) electrons. The Morgan fingerprint density at radius 3 is 2.65 bits per heavy atom. The Balaban J connectivity index is 2.15. The summed E-state index contributed by atoms with van der Waals surface area (Å²) in [5.74, 6) is 0.367. The van der Waals surface area contributed by atoms with Gasteiger partial charge in [-0.05, 0) is 24.2 Å². The van der Waals surface area contributed by atoms with Gasteiger partial charge in [0.1, 0.15) is 0 Å². The fourth-order valence-corrected chi connectivity index (χ4v) is 2.99. The van der Waals surface area contributed by atoms with Gasteiger partial charge in [-0.2, -0.15) is 4.98 Å². The average Bonchev–Trinajstić information content (AvgIpc) is 2.92. The van der Waals surface area contributed by atoms with Gasteiger partial charge in [0.15, 0.2) is 5.82 Å². The Bertz CT molecular complexity index is 476. The molecule has 0 spiro atoms. The number of nitrogens with zero attached hydrogens (tertiary/aromatic N) is 2. The van der Waals surface area contributed by atoms with Gasteiger partial charge in [0.25, 0.3) is 0 Å². The Labute approximate surface area is 119 Å². The SMILES string of the molecule is CCC1CC(C(=O)O)C(c2nc(CC(C)(C)C)no2)C1. The van der Waals surface area contributed by atoms with Gasteiger partial charge in [0.05, 0.1) is 11.8 Å². The number of hydrogen-bond acceptors (Lipinski definition) is 4. The maximum absolute atomic E-state index is 11.4. The molecule has 1 N–H and O–H groups in total. The normalized spacial score (nSPS) is 26.9. The van der Waals surface area contributed by atoms with Gasteiger partial charge in [-0.1, -0.05) is 39.3 Å². The fraction of sp³-hybridized carbons (Fsp3) is 0.800. The lowest BCUT2D eigenvalue weighted by atomic mass is 9.92. The van der Waals surface area contributed by atoms with E-state index in [1.807, 2.05) is 0 Å². The Hall–Kier alpha value is -1.39. The Morgan fingerprint density at radius 1 is 1.40 bits per heavy atom. The minimum absolute atomic E-state index is 0.0922. The van der Waals surface area contributed by atoms with Crippen LogP contribution in [-0.2, 0) is 11.2 Å². The minimum Gasteiger partial charge on any atom is -0.481 e. The van der Waals surface area contributed by atoms with Crippen molar-refractivity contribution in [3.63, 3.8) is 0 Å². The van der Waals surface area contributed by atoms with Crippen molar-refractivity contribution in [3.05, 3.63) is 11.7 Å².